The number of esters is 1. The third-order valence-corrected chi connectivity index (χ3v) is 4.98. The van der Waals surface area contributed by atoms with Crippen LogP contribution in [0.25, 0.3) is 0 Å². The number of ether oxygens (including phenoxy) is 4. The lowest BCUT2D eigenvalue weighted by Gasteiger charge is -2.46. The topological polar surface area (TPSA) is 54.0 Å². The van der Waals surface area contributed by atoms with Gasteiger partial charge >= 0.3 is 5.97 Å². The third kappa shape index (κ3) is 2.55. The van der Waals surface area contributed by atoms with E-state index in [1.165, 1.54) is 0 Å². The summed E-state index contributed by atoms with van der Waals surface area (Å²) in [6, 6.07) is 19.3. The Kier molecular flexibility index (Phi) is 4.10. The maximum Gasteiger partial charge on any atom is 0.339 e. The minimum Gasteiger partial charge on any atom is -0.444 e. The largest absolute Gasteiger partial charge is 0.444 e. The predicted molar refractivity (Wildman–Crippen MR) is 94.4 cm³/mol. The van der Waals surface area contributed by atoms with Gasteiger partial charge in [-0.15, -0.1) is 0 Å². The Morgan fingerprint density at radius 1 is 0.885 bits per heavy atom. The lowest BCUT2D eigenvalue weighted by atomic mass is 9.76. The van der Waals surface area contributed by atoms with E-state index < -0.39 is 35.7 Å². The molecule has 2 aromatic carbocycles. The number of fused-ring (bicyclic) bond motifs is 1. The van der Waals surface area contributed by atoms with E-state index >= 15 is 0 Å². The van der Waals surface area contributed by atoms with Crippen LogP contribution in [0.2, 0.25) is 0 Å². The normalized spacial score (nSPS) is 29.0. The molecule has 5 nitrogen and oxygen atoms in total. The second-order valence-corrected chi connectivity index (χ2v) is 7.07. The highest BCUT2D eigenvalue weighted by Gasteiger charge is 2.63. The summed E-state index contributed by atoms with van der Waals surface area (Å²) < 4.78 is 23.8. The van der Waals surface area contributed by atoms with E-state index in [0.717, 1.165) is 11.1 Å². The van der Waals surface area contributed by atoms with E-state index in [9.17, 15) is 4.79 Å². The molecule has 0 amide bonds. The quantitative estimate of drug-likeness (QED) is 0.793. The van der Waals surface area contributed by atoms with Crippen molar-refractivity contribution in [1.29, 1.82) is 0 Å². The first-order valence-electron chi connectivity index (χ1n) is 8.70. The lowest BCUT2D eigenvalue weighted by Crippen LogP contribution is -2.61. The van der Waals surface area contributed by atoms with Crippen LogP contribution in [0.3, 0.4) is 0 Å². The molecule has 0 saturated carbocycles. The van der Waals surface area contributed by atoms with E-state index in [2.05, 4.69) is 0 Å². The standard InChI is InChI=1S/C21H22O5/c1-20(2)24-16-17(25-20)19(22)26-21(18(16)23-3,14-10-6-4-7-11-14)15-12-8-5-9-13-15/h4-13,16-18H,1-3H3/t16-,17+,18+/m0/s1. The molecule has 0 bridgehead atoms. The molecule has 0 aromatic heterocycles. The van der Waals surface area contributed by atoms with E-state index in [4.69, 9.17) is 18.9 Å². The zero-order valence-electron chi connectivity index (χ0n) is 15.0. The van der Waals surface area contributed by atoms with Crippen LogP contribution in [0.5, 0.6) is 0 Å². The molecule has 0 unspecified atom stereocenters. The number of hydrogen-bond donors (Lipinski definition) is 0. The summed E-state index contributed by atoms with van der Waals surface area (Å²) in [5.41, 5.74) is 0.551. The van der Waals surface area contributed by atoms with Gasteiger partial charge in [-0.3, -0.25) is 0 Å². The number of carbonyl (C=O) groups excluding carboxylic acids is 1. The molecule has 3 atom stereocenters. The van der Waals surface area contributed by atoms with Gasteiger partial charge < -0.3 is 18.9 Å². The summed E-state index contributed by atoms with van der Waals surface area (Å²) in [5.74, 6) is -1.32. The highest BCUT2D eigenvalue weighted by Crippen LogP contribution is 2.48. The number of hydrogen-bond acceptors (Lipinski definition) is 5. The Hall–Kier alpha value is -2.21. The average Bonchev–Trinajstić information content (AvgIpc) is 2.98. The van der Waals surface area contributed by atoms with Crippen molar-refractivity contribution in [1.82, 2.24) is 0 Å². The maximum absolute atomic E-state index is 12.9. The van der Waals surface area contributed by atoms with Crippen molar-refractivity contribution in [2.24, 2.45) is 0 Å². The number of cyclic esters (lactones) is 1. The van der Waals surface area contributed by atoms with Crippen LogP contribution >= 0.6 is 0 Å². The van der Waals surface area contributed by atoms with Crippen LogP contribution in [0, 0.1) is 0 Å². The van der Waals surface area contributed by atoms with Gasteiger partial charge in [0.25, 0.3) is 0 Å². The lowest BCUT2D eigenvalue weighted by molar-refractivity contribution is -0.212. The van der Waals surface area contributed by atoms with Gasteiger partial charge in [0.1, 0.15) is 12.2 Å². The van der Waals surface area contributed by atoms with Crippen LogP contribution < -0.4 is 0 Å². The van der Waals surface area contributed by atoms with Crippen LogP contribution in [0.4, 0.5) is 0 Å². The van der Waals surface area contributed by atoms with Gasteiger partial charge in [-0.25, -0.2) is 4.79 Å². The van der Waals surface area contributed by atoms with E-state index in [1.54, 1.807) is 21.0 Å². The molecule has 2 heterocycles. The predicted octanol–water partition coefficient (Wildman–Crippen LogP) is 3.02. The molecule has 2 aromatic rings. The Balaban J connectivity index is 1.92. The summed E-state index contributed by atoms with van der Waals surface area (Å²) in [7, 11) is 1.61. The van der Waals surface area contributed by atoms with E-state index in [1.807, 2.05) is 60.7 Å². The SMILES string of the molecule is CO[C@@H]1[C@H]2OC(C)(C)O[C@H]2C(=O)OC1(c1ccccc1)c1ccccc1. The minimum atomic E-state index is -1.11. The summed E-state index contributed by atoms with van der Waals surface area (Å²) in [4.78, 5) is 12.9. The Labute approximate surface area is 152 Å². The summed E-state index contributed by atoms with van der Waals surface area (Å²) in [6.07, 6.45) is -1.94. The first kappa shape index (κ1) is 17.2. The molecule has 136 valence electrons. The minimum absolute atomic E-state index is 0.443. The molecule has 0 spiro atoms. The fourth-order valence-corrected chi connectivity index (χ4v) is 3.98. The highest BCUT2D eigenvalue weighted by atomic mass is 16.8. The smallest absolute Gasteiger partial charge is 0.339 e. The number of carbonyl (C=O) groups is 1. The molecule has 2 aliphatic rings. The molecule has 0 radical (unpaired) electrons. The molecular formula is C21H22O5. The van der Waals surface area contributed by atoms with Crippen molar-refractivity contribution in [2.75, 3.05) is 7.11 Å². The molecule has 2 fully saturated rings. The third-order valence-electron chi connectivity index (χ3n) is 4.98. The first-order chi connectivity index (χ1) is 12.5. The Bertz CT molecular complexity index is 747. The first-order valence-corrected chi connectivity index (χ1v) is 8.70. The summed E-state index contributed by atoms with van der Waals surface area (Å²) >= 11 is 0. The highest BCUT2D eigenvalue weighted by molar-refractivity contribution is 5.79. The molecular weight excluding hydrogens is 332 g/mol. The van der Waals surface area contributed by atoms with Crippen molar-refractivity contribution in [3.8, 4) is 0 Å². The second-order valence-electron chi connectivity index (χ2n) is 7.07. The van der Waals surface area contributed by atoms with E-state index in [-0.39, 0.29) is 0 Å². The van der Waals surface area contributed by atoms with Crippen LogP contribution in [-0.4, -0.2) is 37.2 Å². The van der Waals surface area contributed by atoms with Gasteiger partial charge in [-0.05, 0) is 13.8 Å². The molecule has 2 saturated heterocycles. The molecule has 4 rings (SSSR count). The zero-order valence-corrected chi connectivity index (χ0v) is 15.0. The van der Waals surface area contributed by atoms with Crippen LogP contribution in [0.1, 0.15) is 25.0 Å². The van der Waals surface area contributed by atoms with Gasteiger partial charge in [-0.1, -0.05) is 60.7 Å². The fourth-order valence-electron chi connectivity index (χ4n) is 3.98. The monoisotopic (exact) mass is 354 g/mol. The number of methoxy groups -OCH3 is 1. The number of rotatable bonds is 3. The molecule has 2 aliphatic heterocycles. The molecule has 5 heteroatoms. The average molecular weight is 354 g/mol. The van der Waals surface area contributed by atoms with Gasteiger partial charge in [0, 0.05) is 18.2 Å². The fraction of sp³-hybridized carbons (Fsp3) is 0.381. The zero-order chi connectivity index (χ0) is 18.4. The summed E-state index contributed by atoms with van der Waals surface area (Å²) in [6.45, 7) is 3.58. The van der Waals surface area contributed by atoms with Crippen molar-refractivity contribution < 1.29 is 23.7 Å². The maximum atomic E-state index is 12.9. The van der Waals surface area contributed by atoms with Crippen molar-refractivity contribution in [3.63, 3.8) is 0 Å². The van der Waals surface area contributed by atoms with Crippen molar-refractivity contribution >= 4 is 5.97 Å². The molecule has 0 N–H and O–H groups in total. The van der Waals surface area contributed by atoms with Gasteiger partial charge in [0.05, 0.1) is 0 Å². The summed E-state index contributed by atoms with van der Waals surface area (Å²) in [5, 5.41) is 0. The van der Waals surface area contributed by atoms with Crippen LogP contribution in [-0.2, 0) is 29.3 Å². The second kappa shape index (κ2) is 6.20. The van der Waals surface area contributed by atoms with Gasteiger partial charge in [-0.2, -0.15) is 0 Å². The van der Waals surface area contributed by atoms with Crippen LogP contribution in [0.15, 0.2) is 60.7 Å². The van der Waals surface area contributed by atoms with Crippen molar-refractivity contribution in [3.05, 3.63) is 71.8 Å². The number of benzene rings is 2. The van der Waals surface area contributed by atoms with Gasteiger partial charge in [0.2, 0.25) is 0 Å². The van der Waals surface area contributed by atoms with Gasteiger partial charge in [0.15, 0.2) is 17.5 Å². The van der Waals surface area contributed by atoms with Crippen molar-refractivity contribution in [2.45, 2.75) is 43.5 Å². The van der Waals surface area contributed by atoms with E-state index in [0.29, 0.717) is 0 Å². The molecule has 26 heavy (non-hydrogen) atoms. The molecule has 0 aliphatic carbocycles. The Morgan fingerprint density at radius 2 is 1.42 bits per heavy atom. The Morgan fingerprint density at radius 3 is 1.92 bits per heavy atom.